The second kappa shape index (κ2) is 13.2. The molecule has 0 amide bonds. The van der Waals surface area contributed by atoms with Crippen LogP contribution < -0.4 is 0 Å². The molecule has 6 nitrogen and oxygen atoms in total. The van der Waals surface area contributed by atoms with Crippen LogP contribution in [0.3, 0.4) is 0 Å². The Kier molecular flexibility index (Phi) is 7.57. The Morgan fingerprint density at radius 2 is 0.857 bits per heavy atom. The molecule has 4 aromatic heterocycles. The number of hydrogen-bond donors (Lipinski definition) is 0. The molecule has 0 saturated heterocycles. The van der Waals surface area contributed by atoms with E-state index in [0.717, 1.165) is 82.2 Å². The van der Waals surface area contributed by atoms with Crippen molar-refractivity contribution >= 4 is 53.6 Å². The van der Waals surface area contributed by atoms with E-state index < -0.39 is 0 Å². The van der Waals surface area contributed by atoms with Crippen molar-refractivity contribution in [1.82, 2.24) is 24.9 Å². The molecule has 0 N–H and O–H groups in total. The normalized spacial score (nSPS) is 11.6. The highest BCUT2D eigenvalue weighted by molar-refractivity contribution is 7.26. The molecule has 0 radical (unpaired) electrons. The zero-order valence-corrected chi connectivity index (χ0v) is 30.6. The minimum atomic E-state index is 0.582. The number of benzene rings is 7. The number of fused-ring (bicyclic) bond motifs is 6. The monoisotopic (exact) mass is 735 g/mol. The standard InChI is InChI=1S/C49H29N5OS/c1-4-14-31(15-5-1)43-45-44(36-20-10-11-25-40(36)56-45)51-46(50-43)34-28-26-30(27-29-34)35-21-12-23-38-41(35)42-37(22-13-24-39(42)55-38)49-53-47(32-16-6-2-7-17-32)52-48(54-49)33-18-8-3-9-19-33/h1-29H. The third-order valence-corrected chi connectivity index (χ3v) is 11.4. The fourth-order valence-electron chi connectivity index (χ4n) is 7.53. The Hall–Kier alpha value is -7.35. The van der Waals surface area contributed by atoms with Crippen LogP contribution in [-0.4, -0.2) is 24.9 Å². The summed E-state index contributed by atoms with van der Waals surface area (Å²) < 4.78 is 8.83. The number of aromatic nitrogens is 5. The maximum absolute atomic E-state index is 6.53. The van der Waals surface area contributed by atoms with E-state index in [2.05, 4.69) is 84.9 Å². The highest BCUT2D eigenvalue weighted by atomic mass is 32.1. The van der Waals surface area contributed by atoms with Crippen LogP contribution in [0.25, 0.3) is 110 Å². The van der Waals surface area contributed by atoms with Crippen molar-refractivity contribution in [2.45, 2.75) is 0 Å². The average molecular weight is 736 g/mol. The van der Waals surface area contributed by atoms with Crippen molar-refractivity contribution in [2.24, 2.45) is 0 Å². The van der Waals surface area contributed by atoms with E-state index in [1.165, 1.54) is 4.70 Å². The summed E-state index contributed by atoms with van der Waals surface area (Å²) in [5.41, 5.74) is 10.3. The van der Waals surface area contributed by atoms with Gasteiger partial charge in [0.2, 0.25) is 0 Å². The lowest BCUT2D eigenvalue weighted by Gasteiger charge is -2.10. The Labute approximate surface area is 325 Å². The highest BCUT2D eigenvalue weighted by Crippen LogP contribution is 2.43. The molecular formula is C49H29N5OS. The van der Waals surface area contributed by atoms with Gasteiger partial charge in [-0.3, -0.25) is 0 Å². The first-order chi connectivity index (χ1) is 27.7. The summed E-state index contributed by atoms with van der Waals surface area (Å²) in [6.07, 6.45) is 0. The molecule has 0 fully saturated rings. The first-order valence-corrected chi connectivity index (χ1v) is 19.2. The van der Waals surface area contributed by atoms with E-state index in [1.54, 1.807) is 11.3 Å². The van der Waals surface area contributed by atoms with Crippen LogP contribution in [-0.2, 0) is 0 Å². The van der Waals surface area contributed by atoms with E-state index in [1.807, 2.05) is 91.0 Å². The van der Waals surface area contributed by atoms with E-state index in [-0.39, 0.29) is 0 Å². The summed E-state index contributed by atoms with van der Waals surface area (Å²) in [5, 5.41) is 3.10. The first-order valence-electron chi connectivity index (χ1n) is 18.4. The summed E-state index contributed by atoms with van der Waals surface area (Å²) in [7, 11) is 0. The Morgan fingerprint density at radius 3 is 1.52 bits per heavy atom. The predicted molar refractivity (Wildman–Crippen MR) is 228 cm³/mol. The van der Waals surface area contributed by atoms with E-state index in [4.69, 9.17) is 29.3 Å². The second-order valence-electron chi connectivity index (χ2n) is 13.6. The van der Waals surface area contributed by atoms with E-state index >= 15 is 0 Å². The molecular weight excluding hydrogens is 707 g/mol. The van der Waals surface area contributed by atoms with Crippen LogP contribution in [0, 0.1) is 0 Å². The minimum Gasteiger partial charge on any atom is -0.456 e. The molecule has 7 aromatic carbocycles. The van der Waals surface area contributed by atoms with Gasteiger partial charge in [0.1, 0.15) is 11.2 Å². The molecule has 0 atom stereocenters. The summed E-state index contributed by atoms with van der Waals surface area (Å²) >= 11 is 1.74. The van der Waals surface area contributed by atoms with E-state index in [9.17, 15) is 0 Å². The van der Waals surface area contributed by atoms with Crippen LogP contribution in [0.15, 0.2) is 180 Å². The SMILES string of the molecule is c1ccc(-c2nc(-c3ccccc3)nc(-c3cccc4oc5cccc(-c6ccc(-c7nc(-c8ccccc8)c8sc9ccccc9c8n7)cc6)c5c34)n2)cc1. The van der Waals surface area contributed by atoms with Crippen LogP contribution in [0.5, 0.6) is 0 Å². The third kappa shape index (κ3) is 5.44. The van der Waals surface area contributed by atoms with Crippen molar-refractivity contribution in [3.05, 3.63) is 176 Å². The van der Waals surface area contributed by atoms with Gasteiger partial charge in [-0.2, -0.15) is 0 Å². The predicted octanol–water partition coefficient (Wildman–Crippen LogP) is 12.9. The maximum atomic E-state index is 6.53. The van der Waals surface area contributed by atoms with Gasteiger partial charge in [0.25, 0.3) is 0 Å². The van der Waals surface area contributed by atoms with Gasteiger partial charge >= 0.3 is 0 Å². The number of hydrogen-bond acceptors (Lipinski definition) is 7. The fourth-order valence-corrected chi connectivity index (χ4v) is 8.69. The second-order valence-corrected chi connectivity index (χ2v) is 14.7. The summed E-state index contributed by atoms with van der Waals surface area (Å²) in [6, 6.07) is 59.8. The number of nitrogens with zero attached hydrogens (tertiary/aromatic N) is 5. The zero-order valence-electron chi connectivity index (χ0n) is 29.8. The molecule has 0 saturated carbocycles. The molecule has 56 heavy (non-hydrogen) atoms. The van der Waals surface area contributed by atoms with Crippen molar-refractivity contribution in [3.8, 4) is 67.9 Å². The largest absolute Gasteiger partial charge is 0.456 e. The molecule has 0 aliphatic rings. The van der Waals surface area contributed by atoms with Gasteiger partial charge in [0.15, 0.2) is 23.3 Å². The van der Waals surface area contributed by atoms with Crippen LogP contribution >= 0.6 is 11.3 Å². The zero-order chi connectivity index (χ0) is 37.0. The maximum Gasteiger partial charge on any atom is 0.164 e. The Morgan fingerprint density at radius 1 is 0.357 bits per heavy atom. The molecule has 0 spiro atoms. The van der Waals surface area contributed by atoms with Gasteiger partial charge in [0, 0.05) is 48.7 Å². The highest BCUT2D eigenvalue weighted by Gasteiger charge is 2.21. The molecule has 4 heterocycles. The van der Waals surface area contributed by atoms with Gasteiger partial charge in [-0.05, 0) is 29.3 Å². The molecule has 11 aromatic rings. The quantitative estimate of drug-likeness (QED) is 0.169. The molecule has 11 rings (SSSR count). The number of thiophene rings is 1. The molecule has 0 bridgehead atoms. The van der Waals surface area contributed by atoms with Crippen LogP contribution in [0.1, 0.15) is 0 Å². The lowest BCUT2D eigenvalue weighted by atomic mass is 9.96. The van der Waals surface area contributed by atoms with Crippen molar-refractivity contribution in [3.63, 3.8) is 0 Å². The number of furan rings is 1. The smallest absolute Gasteiger partial charge is 0.164 e. The summed E-state index contributed by atoms with van der Waals surface area (Å²) in [4.78, 5) is 25.4. The lowest BCUT2D eigenvalue weighted by Crippen LogP contribution is -2.00. The van der Waals surface area contributed by atoms with Gasteiger partial charge in [-0.25, -0.2) is 24.9 Å². The van der Waals surface area contributed by atoms with Gasteiger partial charge in [0.05, 0.1) is 15.9 Å². The molecule has 0 aliphatic carbocycles. The number of rotatable bonds is 6. The van der Waals surface area contributed by atoms with Crippen LogP contribution in [0.4, 0.5) is 0 Å². The topological polar surface area (TPSA) is 77.6 Å². The lowest BCUT2D eigenvalue weighted by molar-refractivity contribution is 0.669. The summed E-state index contributed by atoms with van der Waals surface area (Å²) in [6.45, 7) is 0. The van der Waals surface area contributed by atoms with Crippen LogP contribution in [0.2, 0.25) is 0 Å². The third-order valence-electron chi connectivity index (χ3n) is 10.2. The van der Waals surface area contributed by atoms with Gasteiger partial charge in [-0.1, -0.05) is 158 Å². The average Bonchev–Trinajstić information content (AvgIpc) is 3.86. The first kappa shape index (κ1) is 32.1. The molecule has 0 unspecified atom stereocenters. The molecule has 262 valence electrons. The molecule has 7 heteroatoms. The van der Waals surface area contributed by atoms with Gasteiger partial charge < -0.3 is 4.42 Å². The minimum absolute atomic E-state index is 0.582. The van der Waals surface area contributed by atoms with Gasteiger partial charge in [-0.15, -0.1) is 11.3 Å². The van der Waals surface area contributed by atoms with Crippen molar-refractivity contribution in [2.75, 3.05) is 0 Å². The fraction of sp³-hybridized carbons (Fsp3) is 0. The van der Waals surface area contributed by atoms with E-state index in [0.29, 0.717) is 23.3 Å². The molecule has 0 aliphatic heterocycles. The van der Waals surface area contributed by atoms with Crippen molar-refractivity contribution < 1.29 is 4.42 Å². The van der Waals surface area contributed by atoms with Crippen molar-refractivity contribution in [1.29, 1.82) is 0 Å². The Balaban J connectivity index is 1.07. The Bertz CT molecular complexity index is 3180. The summed E-state index contributed by atoms with van der Waals surface area (Å²) in [5.74, 6) is 2.50.